The minimum atomic E-state index is -3.86. The van der Waals surface area contributed by atoms with Crippen molar-refractivity contribution in [2.45, 2.75) is 44.2 Å². The molecular formula is C25H36N2O5S. The van der Waals surface area contributed by atoms with E-state index in [1.54, 1.807) is 32.2 Å². The van der Waals surface area contributed by atoms with Crippen molar-refractivity contribution < 1.29 is 23.0 Å². The molecule has 1 heterocycles. The standard InChI is InChI=1S/C25H36N2O5S/c1-6-13-26(4)16-24-18(2)15-27(19(3)17-28)33(29,30)25-12-11-20(14-23(25)32-24)21-9-7-8-10-22(21)31-5/h7-12,14,18-19,24,28H,6,13,15-17H2,1-5H3/t18-,19-,24-/m1/s1. The van der Waals surface area contributed by atoms with Gasteiger partial charge in [0.2, 0.25) is 10.0 Å². The van der Waals surface area contributed by atoms with Gasteiger partial charge in [-0.25, -0.2) is 8.42 Å². The number of aliphatic hydroxyl groups excluding tert-OH is 1. The molecule has 182 valence electrons. The van der Waals surface area contributed by atoms with Gasteiger partial charge in [0.05, 0.1) is 13.7 Å². The van der Waals surface area contributed by atoms with Crippen LogP contribution >= 0.6 is 0 Å². The van der Waals surface area contributed by atoms with Gasteiger partial charge >= 0.3 is 0 Å². The summed E-state index contributed by atoms with van der Waals surface area (Å²) in [6.45, 7) is 7.50. The number of aliphatic hydroxyl groups is 1. The van der Waals surface area contributed by atoms with Crippen molar-refractivity contribution in [3.63, 3.8) is 0 Å². The Balaban J connectivity index is 2.14. The van der Waals surface area contributed by atoms with Gasteiger partial charge in [0.25, 0.3) is 0 Å². The zero-order chi connectivity index (χ0) is 24.2. The highest BCUT2D eigenvalue weighted by atomic mass is 32.2. The molecular weight excluding hydrogens is 440 g/mol. The molecule has 0 amide bonds. The predicted molar refractivity (Wildman–Crippen MR) is 130 cm³/mol. The summed E-state index contributed by atoms with van der Waals surface area (Å²) in [5, 5.41) is 9.79. The summed E-state index contributed by atoms with van der Waals surface area (Å²) in [6, 6.07) is 12.3. The fourth-order valence-electron chi connectivity index (χ4n) is 4.27. The number of hydrogen-bond donors (Lipinski definition) is 1. The molecule has 2 aromatic rings. The van der Waals surface area contributed by atoms with Crippen LogP contribution in [0.5, 0.6) is 11.5 Å². The minimum Gasteiger partial charge on any atom is -0.496 e. The van der Waals surface area contributed by atoms with Crippen LogP contribution in [0.2, 0.25) is 0 Å². The number of rotatable bonds is 8. The minimum absolute atomic E-state index is 0.0730. The van der Waals surface area contributed by atoms with E-state index in [1.165, 1.54) is 4.31 Å². The highest BCUT2D eigenvalue weighted by Gasteiger charge is 2.38. The maximum absolute atomic E-state index is 13.6. The lowest BCUT2D eigenvalue weighted by Gasteiger charge is -2.37. The van der Waals surface area contributed by atoms with Gasteiger partial charge in [-0.05, 0) is 50.7 Å². The topological polar surface area (TPSA) is 79.3 Å². The summed E-state index contributed by atoms with van der Waals surface area (Å²) < 4.78 is 40.6. The van der Waals surface area contributed by atoms with E-state index in [0.29, 0.717) is 18.0 Å². The van der Waals surface area contributed by atoms with Crippen molar-refractivity contribution in [2.75, 3.05) is 40.4 Å². The molecule has 0 radical (unpaired) electrons. The van der Waals surface area contributed by atoms with Gasteiger partial charge in [-0.15, -0.1) is 0 Å². The second kappa shape index (κ2) is 10.9. The molecule has 3 atom stereocenters. The number of likely N-dealkylation sites (N-methyl/N-ethyl adjacent to an activating group) is 1. The Morgan fingerprint density at radius 1 is 1.27 bits per heavy atom. The maximum atomic E-state index is 13.6. The predicted octanol–water partition coefficient (Wildman–Crippen LogP) is 3.47. The Labute approximate surface area is 198 Å². The Morgan fingerprint density at radius 3 is 2.67 bits per heavy atom. The van der Waals surface area contributed by atoms with Crippen molar-refractivity contribution in [3.8, 4) is 22.6 Å². The van der Waals surface area contributed by atoms with Gasteiger partial charge in [0.15, 0.2) is 0 Å². The molecule has 0 saturated carbocycles. The second-order valence-corrected chi connectivity index (χ2v) is 10.7. The Morgan fingerprint density at radius 2 is 2.00 bits per heavy atom. The molecule has 0 aromatic heterocycles. The van der Waals surface area contributed by atoms with Crippen molar-refractivity contribution >= 4 is 10.0 Å². The molecule has 1 N–H and O–H groups in total. The first-order valence-electron chi connectivity index (χ1n) is 11.5. The van der Waals surface area contributed by atoms with Crippen molar-refractivity contribution in [3.05, 3.63) is 42.5 Å². The van der Waals surface area contributed by atoms with Crippen LogP contribution in [-0.2, 0) is 10.0 Å². The number of methoxy groups -OCH3 is 1. The molecule has 0 saturated heterocycles. The van der Waals surface area contributed by atoms with Gasteiger partial charge in [-0.2, -0.15) is 4.31 Å². The van der Waals surface area contributed by atoms with E-state index in [2.05, 4.69) is 18.9 Å². The fourth-order valence-corrected chi connectivity index (χ4v) is 6.10. The summed E-state index contributed by atoms with van der Waals surface area (Å²) in [6.07, 6.45) is 0.811. The van der Waals surface area contributed by atoms with E-state index in [9.17, 15) is 13.5 Å². The molecule has 2 aromatic carbocycles. The maximum Gasteiger partial charge on any atom is 0.247 e. The van der Waals surface area contributed by atoms with Gasteiger partial charge < -0.3 is 19.5 Å². The van der Waals surface area contributed by atoms with Gasteiger partial charge in [-0.1, -0.05) is 38.1 Å². The van der Waals surface area contributed by atoms with Crippen LogP contribution in [0.1, 0.15) is 27.2 Å². The van der Waals surface area contributed by atoms with Crippen LogP contribution in [0, 0.1) is 5.92 Å². The Kier molecular flexibility index (Phi) is 8.39. The fraction of sp³-hybridized carbons (Fsp3) is 0.520. The molecule has 0 aliphatic carbocycles. The quantitative estimate of drug-likeness (QED) is 0.629. The van der Waals surface area contributed by atoms with E-state index in [-0.39, 0.29) is 30.1 Å². The lowest BCUT2D eigenvalue weighted by atomic mass is 10.0. The summed E-state index contributed by atoms with van der Waals surface area (Å²) in [5.74, 6) is 0.959. The van der Waals surface area contributed by atoms with Crippen LogP contribution in [0.15, 0.2) is 47.4 Å². The third-order valence-electron chi connectivity index (χ3n) is 6.18. The summed E-state index contributed by atoms with van der Waals surface area (Å²) in [7, 11) is -0.195. The van der Waals surface area contributed by atoms with Crippen molar-refractivity contribution in [2.24, 2.45) is 5.92 Å². The van der Waals surface area contributed by atoms with Crippen molar-refractivity contribution in [1.82, 2.24) is 9.21 Å². The molecule has 33 heavy (non-hydrogen) atoms. The zero-order valence-corrected chi connectivity index (χ0v) is 21.0. The van der Waals surface area contributed by atoms with Gasteiger partial charge in [0.1, 0.15) is 22.5 Å². The highest BCUT2D eigenvalue weighted by molar-refractivity contribution is 7.89. The first-order chi connectivity index (χ1) is 15.7. The molecule has 0 unspecified atom stereocenters. The van der Waals surface area contributed by atoms with Crippen molar-refractivity contribution in [1.29, 1.82) is 0 Å². The summed E-state index contributed by atoms with van der Waals surface area (Å²) in [4.78, 5) is 2.33. The molecule has 1 aliphatic heterocycles. The van der Waals surface area contributed by atoms with Crippen LogP contribution in [0.3, 0.4) is 0 Å². The lowest BCUT2D eigenvalue weighted by molar-refractivity contribution is 0.0753. The highest BCUT2D eigenvalue weighted by Crippen LogP contribution is 2.38. The van der Waals surface area contributed by atoms with Crippen LogP contribution < -0.4 is 9.47 Å². The average Bonchev–Trinajstić information content (AvgIpc) is 2.80. The monoisotopic (exact) mass is 476 g/mol. The van der Waals surface area contributed by atoms with Crippen LogP contribution in [0.4, 0.5) is 0 Å². The third kappa shape index (κ3) is 5.51. The summed E-state index contributed by atoms with van der Waals surface area (Å²) >= 11 is 0. The first kappa shape index (κ1) is 25.5. The molecule has 1 aliphatic rings. The molecule has 0 spiro atoms. The number of hydrogen-bond acceptors (Lipinski definition) is 6. The average molecular weight is 477 g/mol. The largest absolute Gasteiger partial charge is 0.496 e. The van der Waals surface area contributed by atoms with Crippen LogP contribution in [0.25, 0.3) is 11.1 Å². The Bertz CT molecular complexity index is 1040. The number of para-hydroxylation sites is 1. The normalized spacial score (nSPS) is 21.5. The van der Waals surface area contributed by atoms with E-state index in [1.807, 2.05) is 31.2 Å². The number of sulfonamides is 1. The van der Waals surface area contributed by atoms with E-state index >= 15 is 0 Å². The Hall–Kier alpha value is -2.13. The van der Waals surface area contributed by atoms with Gasteiger partial charge in [0, 0.05) is 30.6 Å². The SMILES string of the molecule is CCCN(C)C[C@H]1Oc2cc(-c3ccccc3OC)ccc2S(=O)(=O)N([C@H](C)CO)C[C@H]1C. The van der Waals surface area contributed by atoms with E-state index in [0.717, 1.165) is 24.1 Å². The van der Waals surface area contributed by atoms with E-state index < -0.39 is 16.1 Å². The first-order valence-corrected chi connectivity index (χ1v) is 12.9. The number of fused-ring (bicyclic) bond motifs is 1. The van der Waals surface area contributed by atoms with Crippen LogP contribution in [-0.4, -0.2) is 75.3 Å². The summed E-state index contributed by atoms with van der Waals surface area (Å²) in [5.41, 5.74) is 1.68. The molecule has 3 rings (SSSR count). The zero-order valence-electron chi connectivity index (χ0n) is 20.2. The van der Waals surface area contributed by atoms with E-state index in [4.69, 9.17) is 9.47 Å². The third-order valence-corrected chi connectivity index (χ3v) is 8.20. The number of benzene rings is 2. The molecule has 7 nitrogen and oxygen atoms in total. The molecule has 8 heteroatoms. The molecule has 0 fully saturated rings. The smallest absolute Gasteiger partial charge is 0.247 e. The molecule has 0 bridgehead atoms. The number of nitrogens with zero attached hydrogens (tertiary/aromatic N) is 2. The second-order valence-electron chi connectivity index (χ2n) is 8.86. The lowest BCUT2D eigenvalue weighted by Crippen LogP contribution is -2.49. The number of ether oxygens (including phenoxy) is 2. The van der Waals surface area contributed by atoms with Gasteiger partial charge in [-0.3, -0.25) is 0 Å².